The Balaban J connectivity index is 1.85. The fourth-order valence-corrected chi connectivity index (χ4v) is 4.05. The second-order valence-electron chi connectivity index (χ2n) is 7.82. The Labute approximate surface area is 144 Å². The van der Waals surface area contributed by atoms with Gasteiger partial charge in [-0.1, -0.05) is 38.1 Å². The van der Waals surface area contributed by atoms with Crippen molar-refractivity contribution < 1.29 is 9.59 Å². The van der Waals surface area contributed by atoms with Gasteiger partial charge in [-0.05, 0) is 29.4 Å². The Hall–Kier alpha value is -1.97. The lowest BCUT2D eigenvalue weighted by Crippen LogP contribution is -2.40. The summed E-state index contributed by atoms with van der Waals surface area (Å²) in [6.45, 7) is 7.16. The fraction of sp³-hybridized carbons (Fsp3) is 0.550. The van der Waals surface area contributed by atoms with E-state index in [-0.39, 0.29) is 23.1 Å². The molecule has 0 spiro atoms. The molecule has 1 aliphatic heterocycles. The molecule has 1 atom stereocenters. The maximum atomic E-state index is 12.0. The molecule has 0 bridgehead atoms. The highest BCUT2D eigenvalue weighted by atomic mass is 16.2. The van der Waals surface area contributed by atoms with Crippen molar-refractivity contribution in [3.8, 4) is 0 Å². The average Bonchev–Trinajstić information content (AvgIpc) is 2.50. The molecule has 1 saturated carbocycles. The summed E-state index contributed by atoms with van der Waals surface area (Å²) in [5.41, 5.74) is 3.49. The number of carbonyl (C=O) groups excluding carboxylic acids is 2. The minimum absolute atomic E-state index is 0.00109. The molecule has 0 N–H and O–H groups in total. The fourth-order valence-electron chi connectivity index (χ4n) is 4.05. The van der Waals surface area contributed by atoms with Crippen LogP contribution in [0.2, 0.25) is 0 Å². The van der Waals surface area contributed by atoms with Gasteiger partial charge < -0.3 is 4.90 Å². The molecule has 0 radical (unpaired) electrons. The number of nitrogens with zero attached hydrogens (tertiary/aromatic N) is 2. The Morgan fingerprint density at radius 3 is 2.75 bits per heavy atom. The van der Waals surface area contributed by atoms with Gasteiger partial charge in [0.1, 0.15) is 5.78 Å². The van der Waals surface area contributed by atoms with Crippen LogP contribution in [0.15, 0.2) is 29.3 Å². The molecule has 0 aromatic heterocycles. The molecule has 128 valence electrons. The summed E-state index contributed by atoms with van der Waals surface area (Å²) in [6.07, 6.45) is 2.87. The predicted molar refractivity (Wildman–Crippen MR) is 95.2 cm³/mol. The zero-order chi connectivity index (χ0) is 17.3. The standard InChI is InChI=1S/C20H26N2O2/c1-14(23)22-9-8-15-6-4-5-7-18(15)19(22)13-21-16-10-17(24)12-20(2,3)11-16/h4-7,19H,8-13H2,1-3H3/t19-/m1/s1. The first kappa shape index (κ1) is 16.9. The summed E-state index contributed by atoms with van der Waals surface area (Å²) < 4.78 is 0. The first-order valence-corrected chi connectivity index (χ1v) is 8.75. The predicted octanol–water partition coefficient (Wildman–Crippen LogP) is 3.35. The van der Waals surface area contributed by atoms with Crippen molar-refractivity contribution in [3.05, 3.63) is 35.4 Å². The van der Waals surface area contributed by atoms with E-state index in [1.165, 1.54) is 11.1 Å². The van der Waals surface area contributed by atoms with E-state index in [2.05, 4.69) is 26.0 Å². The van der Waals surface area contributed by atoms with Gasteiger partial charge in [-0.15, -0.1) is 0 Å². The van der Waals surface area contributed by atoms with Gasteiger partial charge >= 0.3 is 0 Å². The molecule has 1 amide bonds. The lowest BCUT2D eigenvalue weighted by molar-refractivity contribution is -0.131. The third kappa shape index (κ3) is 3.58. The van der Waals surface area contributed by atoms with Crippen LogP contribution in [0.4, 0.5) is 0 Å². The van der Waals surface area contributed by atoms with Gasteiger partial charge in [0.2, 0.25) is 5.91 Å². The number of ketones is 1. The van der Waals surface area contributed by atoms with E-state index < -0.39 is 0 Å². The Morgan fingerprint density at radius 1 is 1.29 bits per heavy atom. The molecule has 1 aliphatic carbocycles. The van der Waals surface area contributed by atoms with Gasteiger partial charge in [-0.2, -0.15) is 0 Å². The van der Waals surface area contributed by atoms with Crippen LogP contribution in [0.25, 0.3) is 0 Å². The monoisotopic (exact) mass is 326 g/mol. The summed E-state index contributed by atoms with van der Waals surface area (Å²) in [4.78, 5) is 30.7. The highest BCUT2D eigenvalue weighted by molar-refractivity contribution is 6.04. The van der Waals surface area contributed by atoms with E-state index in [4.69, 9.17) is 4.99 Å². The van der Waals surface area contributed by atoms with Crippen molar-refractivity contribution in [1.82, 2.24) is 4.90 Å². The Morgan fingerprint density at radius 2 is 2.04 bits per heavy atom. The van der Waals surface area contributed by atoms with Crippen molar-refractivity contribution in [3.63, 3.8) is 0 Å². The largest absolute Gasteiger partial charge is 0.334 e. The summed E-state index contributed by atoms with van der Waals surface area (Å²) in [5.74, 6) is 0.368. The third-order valence-corrected chi connectivity index (χ3v) is 5.06. The Bertz CT molecular complexity index is 691. The molecule has 0 saturated heterocycles. The third-order valence-electron chi connectivity index (χ3n) is 5.06. The number of carbonyl (C=O) groups is 2. The zero-order valence-electron chi connectivity index (χ0n) is 14.8. The lowest BCUT2D eigenvalue weighted by atomic mass is 9.76. The topological polar surface area (TPSA) is 49.7 Å². The first-order valence-electron chi connectivity index (χ1n) is 8.75. The van der Waals surface area contributed by atoms with Crippen LogP contribution in [-0.2, 0) is 16.0 Å². The average molecular weight is 326 g/mol. The molecule has 1 fully saturated rings. The first-order chi connectivity index (χ1) is 11.4. The molecule has 1 aromatic carbocycles. The Kier molecular flexibility index (Phi) is 4.57. The molecule has 1 aromatic rings. The van der Waals surface area contributed by atoms with Gasteiger partial charge in [-0.25, -0.2) is 0 Å². The van der Waals surface area contributed by atoms with Crippen molar-refractivity contribution in [2.24, 2.45) is 10.4 Å². The number of Topliss-reactive ketones (excluding diaryl/α,β-unsaturated/α-hetero) is 1. The van der Waals surface area contributed by atoms with Gasteiger partial charge in [-0.3, -0.25) is 14.6 Å². The second kappa shape index (κ2) is 6.50. The van der Waals surface area contributed by atoms with E-state index in [1.54, 1.807) is 6.92 Å². The van der Waals surface area contributed by atoms with Crippen molar-refractivity contribution in [2.75, 3.05) is 13.1 Å². The van der Waals surface area contributed by atoms with Crippen molar-refractivity contribution in [1.29, 1.82) is 0 Å². The SMILES string of the molecule is CC(=O)N1CCc2ccccc2[C@H]1CN=C1CC(=O)CC(C)(C)C1. The number of hydrogen-bond acceptors (Lipinski definition) is 3. The van der Waals surface area contributed by atoms with Gasteiger partial charge in [0.05, 0.1) is 12.6 Å². The van der Waals surface area contributed by atoms with Crippen LogP contribution >= 0.6 is 0 Å². The van der Waals surface area contributed by atoms with Crippen LogP contribution in [0, 0.1) is 5.41 Å². The highest BCUT2D eigenvalue weighted by Crippen LogP contribution is 2.33. The van der Waals surface area contributed by atoms with Crippen LogP contribution in [0.5, 0.6) is 0 Å². The molecule has 4 heteroatoms. The molecule has 0 unspecified atom stereocenters. The summed E-state index contributed by atoms with van der Waals surface area (Å²) >= 11 is 0. The molecule has 24 heavy (non-hydrogen) atoms. The minimum atomic E-state index is -0.0138. The number of fused-ring (bicyclic) bond motifs is 1. The number of rotatable bonds is 2. The quantitative estimate of drug-likeness (QED) is 0.837. The van der Waals surface area contributed by atoms with E-state index in [0.29, 0.717) is 19.4 Å². The number of aliphatic imine (C=N–C) groups is 1. The number of hydrogen-bond donors (Lipinski definition) is 0. The van der Waals surface area contributed by atoms with E-state index in [0.717, 1.165) is 25.1 Å². The maximum Gasteiger partial charge on any atom is 0.220 e. The van der Waals surface area contributed by atoms with Gasteiger partial charge in [0, 0.05) is 32.0 Å². The van der Waals surface area contributed by atoms with Crippen molar-refractivity contribution in [2.45, 2.75) is 52.5 Å². The summed E-state index contributed by atoms with van der Waals surface area (Å²) in [7, 11) is 0. The van der Waals surface area contributed by atoms with E-state index in [1.807, 2.05) is 17.0 Å². The van der Waals surface area contributed by atoms with E-state index in [9.17, 15) is 9.59 Å². The maximum absolute atomic E-state index is 12.0. The van der Waals surface area contributed by atoms with Gasteiger partial charge in [0.15, 0.2) is 0 Å². The smallest absolute Gasteiger partial charge is 0.220 e. The summed E-state index contributed by atoms with van der Waals surface area (Å²) in [6, 6.07) is 8.30. The van der Waals surface area contributed by atoms with Crippen LogP contribution in [-0.4, -0.2) is 35.4 Å². The van der Waals surface area contributed by atoms with Crippen LogP contribution in [0.1, 0.15) is 57.2 Å². The van der Waals surface area contributed by atoms with Crippen molar-refractivity contribution >= 4 is 17.4 Å². The highest BCUT2D eigenvalue weighted by Gasteiger charge is 2.32. The number of benzene rings is 1. The second-order valence-corrected chi connectivity index (χ2v) is 7.82. The normalized spacial score (nSPS) is 24.8. The summed E-state index contributed by atoms with van der Waals surface area (Å²) in [5, 5.41) is 0. The zero-order valence-corrected chi connectivity index (χ0v) is 14.8. The molecular weight excluding hydrogens is 300 g/mol. The minimum Gasteiger partial charge on any atom is -0.334 e. The number of amides is 1. The lowest BCUT2D eigenvalue weighted by Gasteiger charge is -2.36. The van der Waals surface area contributed by atoms with Crippen LogP contribution in [0.3, 0.4) is 0 Å². The van der Waals surface area contributed by atoms with E-state index >= 15 is 0 Å². The molecule has 4 nitrogen and oxygen atoms in total. The molecule has 2 aliphatic rings. The molecular formula is C20H26N2O2. The molecule has 3 rings (SSSR count). The van der Waals surface area contributed by atoms with Gasteiger partial charge in [0.25, 0.3) is 0 Å². The van der Waals surface area contributed by atoms with Crippen LogP contribution < -0.4 is 0 Å². The molecule has 1 heterocycles.